The molecule has 0 aliphatic carbocycles. The van der Waals surface area contributed by atoms with Gasteiger partial charge in [-0.1, -0.05) is 6.92 Å². The predicted molar refractivity (Wildman–Crippen MR) is 74.4 cm³/mol. The van der Waals surface area contributed by atoms with Crippen molar-refractivity contribution in [3.63, 3.8) is 0 Å². The number of rotatable bonds is 4. The maximum Gasteiger partial charge on any atom is 0.335 e. The molecule has 0 atom stereocenters. The van der Waals surface area contributed by atoms with Crippen molar-refractivity contribution in [2.45, 2.75) is 13.3 Å². The van der Waals surface area contributed by atoms with Gasteiger partial charge in [0.15, 0.2) is 0 Å². The van der Waals surface area contributed by atoms with Crippen LogP contribution in [0.25, 0.3) is 0 Å². The minimum absolute atomic E-state index is 0.276. The van der Waals surface area contributed by atoms with E-state index in [0.717, 1.165) is 17.0 Å². The minimum Gasteiger partial charge on any atom is -0.478 e. The van der Waals surface area contributed by atoms with Crippen LogP contribution >= 0.6 is 11.3 Å². The summed E-state index contributed by atoms with van der Waals surface area (Å²) in [6, 6.07) is 10.7. The van der Waals surface area contributed by atoms with E-state index < -0.39 is 5.97 Å². The molecule has 2 aromatic rings. The number of carboxylic acids is 1. The topological polar surface area (TPSA) is 49.7 Å². The van der Waals surface area contributed by atoms with Crippen molar-refractivity contribution in [3.05, 3.63) is 51.7 Å². The van der Waals surface area contributed by atoms with Crippen LogP contribution in [0, 0.1) is 0 Å². The number of hydrogen-bond donors (Lipinski definition) is 1. The molecule has 92 valence electrons. The molecule has 0 fully saturated rings. The van der Waals surface area contributed by atoms with Crippen molar-refractivity contribution < 1.29 is 9.90 Å². The van der Waals surface area contributed by atoms with Crippen molar-refractivity contribution in [1.29, 1.82) is 0 Å². The van der Waals surface area contributed by atoms with Crippen LogP contribution < -0.4 is 0 Å². The zero-order valence-corrected chi connectivity index (χ0v) is 10.8. The van der Waals surface area contributed by atoms with Crippen molar-refractivity contribution >= 4 is 29.2 Å². The lowest BCUT2D eigenvalue weighted by atomic mass is 10.2. The van der Waals surface area contributed by atoms with Crippen molar-refractivity contribution in [3.8, 4) is 0 Å². The zero-order chi connectivity index (χ0) is 13.0. The third kappa shape index (κ3) is 3.05. The molecule has 1 aromatic heterocycles. The first-order chi connectivity index (χ1) is 8.69. The Morgan fingerprint density at radius 1 is 1.28 bits per heavy atom. The molecule has 0 amide bonds. The lowest BCUT2D eigenvalue weighted by Crippen LogP contribution is -1.94. The average Bonchev–Trinajstić information content (AvgIpc) is 2.85. The third-order valence-electron chi connectivity index (χ3n) is 2.49. The molecular formula is C14H13NO2S. The largest absolute Gasteiger partial charge is 0.478 e. The highest BCUT2D eigenvalue weighted by Crippen LogP contribution is 2.17. The fourth-order valence-corrected chi connectivity index (χ4v) is 2.31. The number of aliphatic imine (C=N–C) groups is 1. The van der Waals surface area contributed by atoms with Gasteiger partial charge in [0.1, 0.15) is 0 Å². The van der Waals surface area contributed by atoms with Crippen molar-refractivity contribution in [2.24, 2.45) is 4.99 Å². The van der Waals surface area contributed by atoms with Gasteiger partial charge in [-0.2, -0.15) is 0 Å². The third-order valence-corrected chi connectivity index (χ3v) is 3.65. The summed E-state index contributed by atoms with van der Waals surface area (Å²) in [5.74, 6) is -0.920. The first-order valence-corrected chi connectivity index (χ1v) is 6.47. The van der Waals surface area contributed by atoms with E-state index in [1.807, 2.05) is 6.07 Å². The van der Waals surface area contributed by atoms with Crippen molar-refractivity contribution in [2.75, 3.05) is 0 Å². The van der Waals surface area contributed by atoms with E-state index in [9.17, 15) is 4.79 Å². The second kappa shape index (κ2) is 5.60. The molecule has 18 heavy (non-hydrogen) atoms. The van der Waals surface area contributed by atoms with Gasteiger partial charge < -0.3 is 5.11 Å². The Morgan fingerprint density at radius 3 is 2.56 bits per heavy atom. The highest BCUT2D eigenvalue weighted by atomic mass is 32.1. The van der Waals surface area contributed by atoms with Crippen LogP contribution in [0.15, 0.2) is 41.4 Å². The molecule has 1 heterocycles. The summed E-state index contributed by atoms with van der Waals surface area (Å²) in [5, 5.41) is 8.78. The highest BCUT2D eigenvalue weighted by molar-refractivity contribution is 7.13. The Kier molecular flexibility index (Phi) is 3.89. The molecule has 3 nitrogen and oxygen atoms in total. The molecule has 0 radical (unpaired) electrons. The van der Waals surface area contributed by atoms with Gasteiger partial charge in [0.2, 0.25) is 0 Å². The average molecular weight is 259 g/mol. The molecule has 1 aromatic carbocycles. The van der Waals surface area contributed by atoms with Gasteiger partial charge in [-0.25, -0.2) is 4.79 Å². The van der Waals surface area contributed by atoms with E-state index in [1.165, 1.54) is 4.88 Å². The lowest BCUT2D eigenvalue weighted by molar-refractivity contribution is 0.0697. The number of carbonyl (C=O) groups is 1. The Bertz CT molecular complexity index is 570. The van der Waals surface area contributed by atoms with E-state index in [4.69, 9.17) is 5.11 Å². The Hall–Kier alpha value is -1.94. The van der Waals surface area contributed by atoms with Crippen LogP contribution in [-0.4, -0.2) is 17.3 Å². The summed E-state index contributed by atoms with van der Waals surface area (Å²) in [5.41, 5.74) is 1.03. The van der Waals surface area contributed by atoms with E-state index in [-0.39, 0.29) is 5.56 Å². The molecule has 0 unspecified atom stereocenters. The minimum atomic E-state index is -0.920. The van der Waals surface area contributed by atoms with E-state index in [0.29, 0.717) is 0 Å². The van der Waals surface area contributed by atoms with Gasteiger partial charge >= 0.3 is 5.97 Å². The Balaban J connectivity index is 2.11. The number of aromatic carboxylic acids is 1. The zero-order valence-electron chi connectivity index (χ0n) is 9.96. The Morgan fingerprint density at radius 2 is 2.00 bits per heavy atom. The van der Waals surface area contributed by atoms with Crippen LogP contribution in [0.4, 0.5) is 5.69 Å². The van der Waals surface area contributed by atoms with Crippen molar-refractivity contribution in [1.82, 2.24) is 0 Å². The number of carboxylic acid groups (broad SMARTS) is 1. The number of hydrogen-bond acceptors (Lipinski definition) is 3. The molecule has 1 N–H and O–H groups in total. The predicted octanol–water partition coefficient (Wildman–Crippen LogP) is 3.76. The lowest BCUT2D eigenvalue weighted by Gasteiger charge is -1.95. The van der Waals surface area contributed by atoms with Gasteiger partial charge in [-0.05, 0) is 42.8 Å². The van der Waals surface area contributed by atoms with Gasteiger partial charge in [0.25, 0.3) is 0 Å². The summed E-state index contributed by atoms with van der Waals surface area (Å²) < 4.78 is 0. The molecule has 4 heteroatoms. The normalized spacial score (nSPS) is 10.9. The van der Waals surface area contributed by atoms with Gasteiger partial charge in [0.05, 0.1) is 11.3 Å². The first-order valence-electron chi connectivity index (χ1n) is 5.65. The molecular weight excluding hydrogens is 246 g/mol. The second-order valence-corrected chi connectivity index (χ2v) is 4.97. The monoisotopic (exact) mass is 259 g/mol. The summed E-state index contributed by atoms with van der Waals surface area (Å²) in [6.07, 6.45) is 2.84. The number of nitrogens with zero attached hydrogens (tertiary/aromatic N) is 1. The second-order valence-electron chi connectivity index (χ2n) is 3.77. The summed E-state index contributed by atoms with van der Waals surface area (Å²) >= 11 is 1.72. The summed E-state index contributed by atoms with van der Waals surface area (Å²) in [4.78, 5) is 17.4. The van der Waals surface area contributed by atoms with E-state index in [1.54, 1.807) is 41.8 Å². The van der Waals surface area contributed by atoms with Gasteiger partial charge in [0, 0.05) is 16.0 Å². The molecule has 0 aliphatic rings. The molecule has 0 bridgehead atoms. The van der Waals surface area contributed by atoms with Gasteiger partial charge in [-0.15, -0.1) is 11.3 Å². The standard InChI is InChI=1S/C14H13NO2S/c1-2-12-7-8-13(18-12)9-15-11-5-3-10(4-6-11)14(16)17/h3-9H,2H2,1H3,(H,16,17). The summed E-state index contributed by atoms with van der Waals surface area (Å²) in [6.45, 7) is 2.12. The van der Waals surface area contributed by atoms with E-state index in [2.05, 4.69) is 18.0 Å². The van der Waals surface area contributed by atoms with Gasteiger partial charge in [-0.3, -0.25) is 4.99 Å². The maximum absolute atomic E-state index is 10.7. The fraction of sp³-hybridized carbons (Fsp3) is 0.143. The quantitative estimate of drug-likeness (QED) is 0.850. The van der Waals surface area contributed by atoms with E-state index >= 15 is 0 Å². The number of thiophene rings is 1. The van der Waals surface area contributed by atoms with Crippen LogP contribution in [0.1, 0.15) is 27.0 Å². The molecule has 0 aliphatic heterocycles. The number of aryl methyl sites for hydroxylation is 1. The molecule has 2 rings (SSSR count). The fourth-order valence-electron chi connectivity index (χ4n) is 1.48. The molecule has 0 spiro atoms. The molecule has 0 saturated heterocycles. The maximum atomic E-state index is 10.7. The smallest absolute Gasteiger partial charge is 0.335 e. The molecule has 0 saturated carbocycles. The van der Waals surface area contributed by atoms with Crippen LogP contribution in [0.3, 0.4) is 0 Å². The number of benzene rings is 1. The highest BCUT2D eigenvalue weighted by Gasteiger charge is 2.00. The Labute approximate surface area is 109 Å². The van der Waals surface area contributed by atoms with Crippen LogP contribution in [0.5, 0.6) is 0 Å². The SMILES string of the molecule is CCc1ccc(C=Nc2ccc(C(=O)O)cc2)s1. The summed E-state index contributed by atoms with van der Waals surface area (Å²) in [7, 11) is 0. The first kappa shape index (κ1) is 12.5. The van der Waals surface area contributed by atoms with Crippen LogP contribution in [0.2, 0.25) is 0 Å². The van der Waals surface area contributed by atoms with Crippen LogP contribution in [-0.2, 0) is 6.42 Å².